The van der Waals surface area contributed by atoms with Gasteiger partial charge >= 0.3 is 5.97 Å². The van der Waals surface area contributed by atoms with E-state index in [2.05, 4.69) is 15.5 Å². The number of carbonyl (C=O) groups is 3. The van der Waals surface area contributed by atoms with E-state index in [1.54, 1.807) is 0 Å². The van der Waals surface area contributed by atoms with Crippen LogP contribution in [0.15, 0.2) is 21.1 Å². The molecule has 27 heavy (non-hydrogen) atoms. The molecule has 2 aliphatic heterocycles. The number of oxime groups is 1. The summed E-state index contributed by atoms with van der Waals surface area (Å²) in [6.07, 6.45) is 0. The van der Waals surface area contributed by atoms with Gasteiger partial charge < -0.3 is 21.4 Å². The molecule has 10 nitrogen and oxygen atoms in total. The summed E-state index contributed by atoms with van der Waals surface area (Å²) >= 11 is 3.82. The van der Waals surface area contributed by atoms with Crippen LogP contribution in [0.5, 0.6) is 0 Å². The van der Waals surface area contributed by atoms with Gasteiger partial charge in [0, 0.05) is 16.0 Å². The standard InChI is InChI=1S/C14H15N5O5S3/c1-2-25-6-4-26-12-8(11(21)19(12)9(6)13(22)23)17-10(20)7(18-24)5-3-27-14(15)16-5/h3,8,12,24H,2,4H2,1H3,(H2,15,16)(H,17,20)(H,22,23)/t8?,12-/m0/s1. The van der Waals surface area contributed by atoms with Crippen molar-refractivity contribution in [1.82, 2.24) is 15.2 Å². The van der Waals surface area contributed by atoms with E-state index in [4.69, 9.17) is 10.9 Å². The monoisotopic (exact) mass is 429 g/mol. The Morgan fingerprint density at radius 1 is 1.56 bits per heavy atom. The van der Waals surface area contributed by atoms with Crippen molar-refractivity contribution >= 4 is 63.5 Å². The van der Waals surface area contributed by atoms with Crippen LogP contribution in [0.4, 0.5) is 5.13 Å². The van der Waals surface area contributed by atoms with Crippen LogP contribution in [0.2, 0.25) is 0 Å². The molecule has 3 rings (SSSR count). The minimum Gasteiger partial charge on any atom is -0.477 e. The van der Waals surface area contributed by atoms with E-state index in [-0.39, 0.29) is 22.2 Å². The first kappa shape index (κ1) is 19.5. The highest BCUT2D eigenvalue weighted by molar-refractivity contribution is 8.06. The molecule has 144 valence electrons. The van der Waals surface area contributed by atoms with Crippen LogP contribution in [-0.2, 0) is 14.4 Å². The molecule has 1 unspecified atom stereocenters. The van der Waals surface area contributed by atoms with Crippen molar-refractivity contribution in [3.63, 3.8) is 0 Å². The maximum atomic E-state index is 12.5. The second kappa shape index (κ2) is 7.78. The summed E-state index contributed by atoms with van der Waals surface area (Å²) in [5.74, 6) is -1.37. The first-order valence-corrected chi connectivity index (χ1v) is 10.6. The van der Waals surface area contributed by atoms with E-state index < -0.39 is 29.2 Å². The molecule has 2 amide bonds. The second-order valence-electron chi connectivity index (χ2n) is 5.39. The van der Waals surface area contributed by atoms with E-state index in [1.807, 2.05) is 6.92 Å². The number of nitrogens with one attached hydrogen (secondary N) is 1. The Bertz CT molecular complexity index is 867. The van der Waals surface area contributed by atoms with Gasteiger partial charge in [-0.05, 0) is 5.75 Å². The highest BCUT2D eigenvalue weighted by Crippen LogP contribution is 2.43. The molecule has 0 spiro atoms. The van der Waals surface area contributed by atoms with Crippen molar-refractivity contribution < 1.29 is 24.7 Å². The summed E-state index contributed by atoms with van der Waals surface area (Å²) in [6.45, 7) is 1.90. The third kappa shape index (κ3) is 3.49. The molecule has 0 bridgehead atoms. The van der Waals surface area contributed by atoms with Gasteiger partial charge in [0.2, 0.25) is 0 Å². The molecule has 3 heterocycles. The van der Waals surface area contributed by atoms with Crippen LogP contribution in [0, 0.1) is 0 Å². The van der Waals surface area contributed by atoms with Crippen molar-refractivity contribution in [2.75, 3.05) is 17.2 Å². The molecule has 1 saturated heterocycles. The lowest BCUT2D eigenvalue weighted by atomic mass is 10.0. The number of nitrogens with zero attached hydrogens (tertiary/aromatic N) is 3. The number of aliphatic carboxylic acids is 1. The Morgan fingerprint density at radius 3 is 2.85 bits per heavy atom. The highest BCUT2D eigenvalue weighted by Gasteiger charge is 2.54. The van der Waals surface area contributed by atoms with Crippen LogP contribution < -0.4 is 11.1 Å². The van der Waals surface area contributed by atoms with Crippen LogP contribution in [0.1, 0.15) is 12.6 Å². The van der Waals surface area contributed by atoms with Gasteiger partial charge in [-0.15, -0.1) is 34.9 Å². The second-order valence-corrected chi connectivity index (χ2v) is 8.74. The van der Waals surface area contributed by atoms with Crippen LogP contribution in [-0.4, -0.2) is 66.6 Å². The number of hydrogen-bond donors (Lipinski definition) is 4. The summed E-state index contributed by atoms with van der Waals surface area (Å²) < 4.78 is 0. The van der Waals surface area contributed by atoms with Crippen LogP contribution >= 0.6 is 34.9 Å². The lowest BCUT2D eigenvalue weighted by Gasteiger charge is -2.49. The average Bonchev–Trinajstić information content (AvgIpc) is 3.05. The van der Waals surface area contributed by atoms with Crippen LogP contribution in [0.25, 0.3) is 0 Å². The number of anilines is 1. The zero-order valence-corrected chi connectivity index (χ0v) is 16.4. The minimum absolute atomic E-state index is 0.0376. The topological polar surface area (TPSA) is 158 Å². The lowest BCUT2D eigenvalue weighted by Crippen LogP contribution is -2.71. The molecule has 0 saturated carbocycles. The Kier molecular flexibility index (Phi) is 5.62. The molecule has 2 atom stereocenters. The number of carboxylic acids is 1. The van der Waals surface area contributed by atoms with Crippen LogP contribution in [0.3, 0.4) is 0 Å². The zero-order valence-electron chi connectivity index (χ0n) is 13.9. The number of carbonyl (C=O) groups excluding carboxylic acids is 2. The number of hydrogen-bond acceptors (Lipinski definition) is 10. The van der Waals surface area contributed by atoms with Crippen molar-refractivity contribution in [1.29, 1.82) is 0 Å². The van der Waals surface area contributed by atoms with Crippen molar-refractivity contribution in [2.45, 2.75) is 18.3 Å². The summed E-state index contributed by atoms with van der Waals surface area (Å²) in [5.41, 5.74) is 5.19. The molecule has 13 heteroatoms. The number of amides is 2. The first-order chi connectivity index (χ1) is 12.9. The van der Waals surface area contributed by atoms with Gasteiger partial charge in [-0.3, -0.25) is 14.5 Å². The molecule has 2 aliphatic rings. The van der Waals surface area contributed by atoms with Gasteiger partial charge in [0.15, 0.2) is 10.8 Å². The van der Waals surface area contributed by atoms with Gasteiger partial charge in [-0.25, -0.2) is 9.78 Å². The third-order valence-corrected chi connectivity index (χ3v) is 6.93. The lowest BCUT2D eigenvalue weighted by molar-refractivity contribution is -0.150. The number of aromatic nitrogens is 1. The minimum atomic E-state index is -1.18. The van der Waals surface area contributed by atoms with Gasteiger partial charge in [0.25, 0.3) is 11.8 Å². The van der Waals surface area contributed by atoms with E-state index in [9.17, 15) is 19.5 Å². The normalized spacial score (nSPS) is 22.3. The molecule has 0 aliphatic carbocycles. The molecule has 0 radical (unpaired) electrons. The fourth-order valence-corrected chi connectivity index (χ4v) is 5.64. The third-order valence-electron chi connectivity index (χ3n) is 3.82. The Hall–Kier alpha value is -2.25. The Labute approximate surface area is 165 Å². The summed E-state index contributed by atoms with van der Waals surface area (Å²) in [4.78, 5) is 42.2. The number of carboxylic acid groups (broad SMARTS) is 1. The summed E-state index contributed by atoms with van der Waals surface area (Å²) in [6, 6.07) is -0.919. The quantitative estimate of drug-likeness (QED) is 0.217. The number of β-lactam (4-membered cyclic amide) rings is 1. The number of thioether (sulfide) groups is 2. The number of nitrogen functional groups attached to an aromatic ring is 1. The SMILES string of the molecule is CCSC1=C(C(=O)O)N2C(=O)C(NC(=O)C(=NO)c3csc(N)n3)[C@@H]2SC1. The highest BCUT2D eigenvalue weighted by atomic mass is 32.2. The first-order valence-electron chi connectivity index (χ1n) is 7.67. The maximum absolute atomic E-state index is 12.5. The number of thiazole rings is 1. The van der Waals surface area contributed by atoms with Crippen molar-refractivity contribution in [3.8, 4) is 0 Å². The molecule has 1 aromatic heterocycles. The van der Waals surface area contributed by atoms with Crippen molar-refractivity contribution in [2.24, 2.45) is 5.16 Å². The smallest absolute Gasteiger partial charge is 0.353 e. The predicted molar refractivity (Wildman–Crippen MR) is 103 cm³/mol. The fourth-order valence-electron chi connectivity index (χ4n) is 2.69. The molecule has 1 fully saturated rings. The largest absolute Gasteiger partial charge is 0.477 e. The van der Waals surface area contributed by atoms with Gasteiger partial charge in [0.05, 0.1) is 0 Å². The van der Waals surface area contributed by atoms with E-state index in [0.29, 0.717) is 16.4 Å². The van der Waals surface area contributed by atoms with E-state index in [1.165, 1.54) is 33.8 Å². The molecule has 0 aromatic carbocycles. The number of rotatable bonds is 6. The fraction of sp³-hybridized carbons (Fsp3) is 0.357. The Balaban J connectivity index is 1.77. The van der Waals surface area contributed by atoms with E-state index in [0.717, 1.165) is 11.3 Å². The van der Waals surface area contributed by atoms with Gasteiger partial charge in [-0.1, -0.05) is 12.1 Å². The van der Waals surface area contributed by atoms with Gasteiger partial charge in [-0.2, -0.15) is 0 Å². The average molecular weight is 430 g/mol. The summed E-state index contributed by atoms with van der Waals surface area (Å²) in [5, 5.41) is 25.2. The van der Waals surface area contributed by atoms with Gasteiger partial charge in [0.1, 0.15) is 22.8 Å². The summed E-state index contributed by atoms with van der Waals surface area (Å²) in [7, 11) is 0. The zero-order chi connectivity index (χ0) is 19.7. The van der Waals surface area contributed by atoms with E-state index >= 15 is 0 Å². The molecular formula is C14H15N5O5S3. The number of fused-ring (bicyclic) bond motifs is 1. The molecule has 5 N–H and O–H groups in total. The van der Waals surface area contributed by atoms with Crippen molar-refractivity contribution in [3.05, 3.63) is 21.7 Å². The maximum Gasteiger partial charge on any atom is 0.353 e. The number of nitrogens with two attached hydrogens (primary N) is 1. The molecular weight excluding hydrogens is 414 g/mol. The Morgan fingerprint density at radius 2 is 2.30 bits per heavy atom. The molecule has 1 aromatic rings. The predicted octanol–water partition coefficient (Wildman–Crippen LogP) is 0.353.